The lowest BCUT2D eigenvalue weighted by Gasteiger charge is -2.10. The lowest BCUT2D eigenvalue weighted by atomic mass is 9.98. The molecule has 1 aliphatic heterocycles. The molecule has 3 aromatic rings. The van der Waals surface area contributed by atoms with Crippen molar-refractivity contribution in [2.24, 2.45) is 0 Å². The number of hydrogen-bond donors (Lipinski definition) is 0. The monoisotopic (exact) mass is 288 g/mol. The number of nitrogens with zero attached hydrogens (tertiary/aromatic N) is 4. The quantitative estimate of drug-likeness (QED) is 0.719. The van der Waals surface area contributed by atoms with Crippen molar-refractivity contribution >= 4 is 22.6 Å². The highest BCUT2D eigenvalue weighted by molar-refractivity contribution is 5.98. The molecule has 0 N–H and O–H groups in total. The average Bonchev–Trinajstić information content (AvgIpc) is 2.89. The highest BCUT2D eigenvalue weighted by atomic mass is 15.3. The van der Waals surface area contributed by atoms with Gasteiger partial charge in [-0.15, -0.1) is 0 Å². The summed E-state index contributed by atoms with van der Waals surface area (Å²) in [5.41, 5.74) is 6.43. The van der Waals surface area contributed by atoms with Crippen molar-refractivity contribution in [3.05, 3.63) is 54.3 Å². The minimum atomic E-state index is 0.779. The van der Waals surface area contributed by atoms with Gasteiger partial charge in [0.15, 0.2) is 0 Å². The van der Waals surface area contributed by atoms with Crippen molar-refractivity contribution in [1.82, 2.24) is 19.7 Å². The van der Waals surface area contributed by atoms with Crippen molar-refractivity contribution in [3.8, 4) is 11.1 Å². The zero-order valence-corrected chi connectivity index (χ0v) is 12.7. The second-order valence-electron chi connectivity index (χ2n) is 5.69. The molecule has 0 amide bonds. The van der Waals surface area contributed by atoms with Crippen LogP contribution in [0.5, 0.6) is 0 Å². The Balaban J connectivity index is 2.02. The van der Waals surface area contributed by atoms with Crippen molar-refractivity contribution in [1.29, 1.82) is 0 Å². The first-order chi connectivity index (χ1) is 10.6. The molecule has 0 bridgehead atoms. The molecule has 0 spiro atoms. The number of aryl methyl sites for hydroxylation is 1. The van der Waals surface area contributed by atoms with Crippen molar-refractivity contribution in [2.75, 3.05) is 0 Å². The summed E-state index contributed by atoms with van der Waals surface area (Å²) < 4.78 is 2.05. The topological polar surface area (TPSA) is 43.6 Å². The average molecular weight is 288 g/mol. The van der Waals surface area contributed by atoms with Gasteiger partial charge in [0.05, 0.1) is 17.8 Å². The van der Waals surface area contributed by atoms with Crippen LogP contribution >= 0.6 is 0 Å². The Hall–Kier alpha value is -2.75. The van der Waals surface area contributed by atoms with Gasteiger partial charge in [0, 0.05) is 28.9 Å². The molecule has 4 nitrogen and oxygen atoms in total. The summed E-state index contributed by atoms with van der Waals surface area (Å²) in [7, 11) is 0. The Morgan fingerprint density at radius 3 is 2.68 bits per heavy atom. The Labute approximate surface area is 128 Å². The number of benzene rings is 1. The maximum absolute atomic E-state index is 4.70. The molecule has 0 atom stereocenters. The molecule has 1 aromatic carbocycles. The van der Waals surface area contributed by atoms with Gasteiger partial charge in [0.25, 0.3) is 0 Å². The fourth-order valence-corrected chi connectivity index (χ4v) is 2.91. The first-order valence-corrected chi connectivity index (χ1v) is 7.29. The predicted octanol–water partition coefficient (Wildman–Crippen LogP) is 3.86. The molecule has 0 saturated heterocycles. The third-order valence-corrected chi connectivity index (χ3v) is 3.97. The van der Waals surface area contributed by atoms with E-state index in [0.717, 1.165) is 40.1 Å². The molecule has 2 aromatic heterocycles. The van der Waals surface area contributed by atoms with Gasteiger partial charge in [-0.2, -0.15) is 5.10 Å². The number of hydrogen-bond acceptors (Lipinski definition) is 3. The van der Waals surface area contributed by atoms with Gasteiger partial charge in [0.1, 0.15) is 5.82 Å². The molecule has 3 heterocycles. The minimum absolute atomic E-state index is 0.779. The van der Waals surface area contributed by atoms with Crippen LogP contribution in [-0.2, 0) is 6.54 Å². The number of allylic oxidation sites excluding steroid dienone is 2. The molecular weight excluding hydrogens is 272 g/mol. The SMILES string of the molecule is C=C(C)c1nn2c3c(cc(-c4cnc(C)nc4)cc13)C=CC2. The molecule has 1 aliphatic rings. The first kappa shape index (κ1) is 13.0. The molecule has 4 rings (SSSR count). The van der Waals surface area contributed by atoms with Gasteiger partial charge in [-0.25, -0.2) is 9.97 Å². The van der Waals surface area contributed by atoms with Gasteiger partial charge in [0.2, 0.25) is 0 Å². The van der Waals surface area contributed by atoms with E-state index in [1.807, 2.05) is 30.9 Å². The zero-order chi connectivity index (χ0) is 15.3. The molecule has 108 valence electrons. The molecular formula is C18H16N4. The number of rotatable bonds is 2. The van der Waals surface area contributed by atoms with Gasteiger partial charge in [-0.05, 0) is 37.1 Å². The van der Waals surface area contributed by atoms with Crippen LogP contribution in [0, 0.1) is 6.92 Å². The molecule has 22 heavy (non-hydrogen) atoms. The summed E-state index contributed by atoms with van der Waals surface area (Å²) in [6, 6.07) is 4.34. The molecule has 0 radical (unpaired) electrons. The van der Waals surface area contributed by atoms with Gasteiger partial charge in [-0.1, -0.05) is 18.7 Å². The van der Waals surface area contributed by atoms with Crippen molar-refractivity contribution in [3.63, 3.8) is 0 Å². The third-order valence-electron chi connectivity index (χ3n) is 3.97. The van der Waals surface area contributed by atoms with E-state index in [2.05, 4.69) is 40.8 Å². The first-order valence-electron chi connectivity index (χ1n) is 7.29. The van der Waals surface area contributed by atoms with E-state index in [1.54, 1.807) is 0 Å². The number of aromatic nitrogens is 4. The standard InChI is InChI=1S/C18H16N4/c1-11(2)17-16-8-14(15-9-19-12(3)20-10-15)7-13-5-4-6-22(21-17)18(13)16/h4-5,7-10H,1,6H2,2-3H3. The highest BCUT2D eigenvalue weighted by Gasteiger charge is 2.17. The maximum atomic E-state index is 4.70. The normalized spacial score (nSPS) is 12.8. The van der Waals surface area contributed by atoms with Crippen LogP contribution in [0.15, 0.2) is 37.2 Å². The van der Waals surface area contributed by atoms with E-state index >= 15 is 0 Å². The van der Waals surface area contributed by atoms with Gasteiger partial charge < -0.3 is 0 Å². The smallest absolute Gasteiger partial charge is 0.125 e. The Morgan fingerprint density at radius 1 is 1.18 bits per heavy atom. The summed E-state index contributed by atoms with van der Waals surface area (Å²) in [6.45, 7) is 8.77. The second kappa shape index (κ2) is 4.63. The molecule has 0 saturated carbocycles. The van der Waals surface area contributed by atoms with Crippen LogP contribution in [0.3, 0.4) is 0 Å². The Kier molecular flexibility index (Phi) is 2.73. The van der Waals surface area contributed by atoms with E-state index in [1.165, 1.54) is 11.1 Å². The van der Waals surface area contributed by atoms with Gasteiger partial charge >= 0.3 is 0 Å². The van der Waals surface area contributed by atoms with Crippen LogP contribution in [0.4, 0.5) is 0 Å². The van der Waals surface area contributed by atoms with E-state index in [-0.39, 0.29) is 0 Å². The fourth-order valence-electron chi connectivity index (χ4n) is 2.91. The van der Waals surface area contributed by atoms with Gasteiger partial charge in [-0.3, -0.25) is 4.68 Å². The zero-order valence-electron chi connectivity index (χ0n) is 12.7. The van der Waals surface area contributed by atoms with Crippen LogP contribution in [0.25, 0.3) is 33.7 Å². The van der Waals surface area contributed by atoms with Crippen LogP contribution in [0.1, 0.15) is 24.0 Å². The molecule has 0 aliphatic carbocycles. The summed E-state index contributed by atoms with van der Waals surface area (Å²) in [4.78, 5) is 8.60. The molecule has 0 unspecified atom stereocenters. The minimum Gasteiger partial charge on any atom is -0.260 e. The van der Waals surface area contributed by atoms with E-state index in [0.29, 0.717) is 0 Å². The largest absolute Gasteiger partial charge is 0.260 e. The third kappa shape index (κ3) is 1.88. The van der Waals surface area contributed by atoms with E-state index in [4.69, 9.17) is 5.10 Å². The second-order valence-corrected chi connectivity index (χ2v) is 5.69. The highest BCUT2D eigenvalue weighted by Crippen LogP contribution is 2.33. The lowest BCUT2D eigenvalue weighted by molar-refractivity contribution is 0.721. The fraction of sp³-hybridized carbons (Fsp3) is 0.167. The summed E-state index contributed by atoms with van der Waals surface area (Å²) in [6.07, 6.45) is 8.03. The summed E-state index contributed by atoms with van der Waals surface area (Å²) in [5, 5.41) is 5.85. The van der Waals surface area contributed by atoms with Crippen LogP contribution in [0.2, 0.25) is 0 Å². The molecule has 0 fully saturated rings. The Bertz CT molecular complexity index is 930. The lowest BCUT2D eigenvalue weighted by Crippen LogP contribution is -2.02. The predicted molar refractivity (Wildman–Crippen MR) is 89.2 cm³/mol. The summed E-state index contributed by atoms with van der Waals surface area (Å²) in [5.74, 6) is 0.779. The molecule has 4 heteroatoms. The van der Waals surface area contributed by atoms with Crippen molar-refractivity contribution in [2.45, 2.75) is 20.4 Å². The van der Waals surface area contributed by atoms with Crippen LogP contribution < -0.4 is 0 Å². The van der Waals surface area contributed by atoms with E-state index in [9.17, 15) is 0 Å². The van der Waals surface area contributed by atoms with Crippen LogP contribution in [-0.4, -0.2) is 19.7 Å². The maximum Gasteiger partial charge on any atom is 0.125 e. The Morgan fingerprint density at radius 2 is 1.95 bits per heavy atom. The van der Waals surface area contributed by atoms with Crippen molar-refractivity contribution < 1.29 is 0 Å². The van der Waals surface area contributed by atoms with E-state index < -0.39 is 0 Å². The summed E-state index contributed by atoms with van der Waals surface area (Å²) >= 11 is 0.